The highest BCUT2D eigenvalue weighted by Gasteiger charge is 2.44. The zero-order chi connectivity index (χ0) is 12.5. The summed E-state index contributed by atoms with van der Waals surface area (Å²) in [6.45, 7) is 2.11. The third kappa shape index (κ3) is 2.44. The Labute approximate surface area is 106 Å². The number of pyridine rings is 1. The second kappa shape index (κ2) is 4.65. The van der Waals surface area contributed by atoms with E-state index in [0.717, 1.165) is 24.8 Å². The quantitative estimate of drug-likeness (QED) is 0.900. The summed E-state index contributed by atoms with van der Waals surface area (Å²) < 4.78 is 0. The van der Waals surface area contributed by atoms with Crippen molar-refractivity contribution in [1.82, 2.24) is 4.98 Å². The van der Waals surface area contributed by atoms with Crippen molar-refractivity contribution in [3.05, 3.63) is 29.0 Å². The van der Waals surface area contributed by atoms with Gasteiger partial charge >= 0.3 is 5.97 Å². The SMILES string of the molecule is CC1CCC(Cc2ccncc2Cl)(C(=O)O)C1. The number of carboxylic acid groups (broad SMARTS) is 1. The minimum Gasteiger partial charge on any atom is -0.481 e. The van der Waals surface area contributed by atoms with Crippen molar-refractivity contribution in [3.63, 3.8) is 0 Å². The van der Waals surface area contributed by atoms with Gasteiger partial charge in [0, 0.05) is 12.4 Å². The lowest BCUT2D eigenvalue weighted by molar-refractivity contribution is -0.148. The van der Waals surface area contributed by atoms with E-state index in [1.807, 2.05) is 6.07 Å². The van der Waals surface area contributed by atoms with Crippen LogP contribution in [0.15, 0.2) is 18.5 Å². The number of carbonyl (C=O) groups is 1. The van der Waals surface area contributed by atoms with Crippen LogP contribution in [0.4, 0.5) is 0 Å². The Bertz CT molecular complexity index is 435. The molecule has 1 aromatic heterocycles. The molecule has 4 heteroatoms. The van der Waals surface area contributed by atoms with Gasteiger partial charge in [-0.05, 0) is 43.2 Å². The van der Waals surface area contributed by atoms with E-state index in [4.69, 9.17) is 11.6 Å². The molecular formula is C13H16ClNO2. The van der Waals surface area contributed by atoms with Crippen molar-refractivity contribution in [2.24, 2.45) is 11.3 Å². The molecule has 2 unspecified atom stereocenters. The summed E-state index contributed by atoms with van der Waals surface area (Å²) in [6.07, 6.45) is 6.20. The number of aromatic nitrogens is 1. The third-order valence-electron chi connectivity index (χ3n) is 3.69. The van der Waals surface area contributed by atoms with Gasteiger partial charge in [0.25, 0.3) is 0 Å². The minimum atomic E-state index is -0.699. The predicted molar refractivity (Wildman–Crippen MR) is 66.0 cm³/mol. The van der Waals surface area contributed by atoms with Gasteiger partial charge in [-0.2, -0.15) is 0 Å². The van der Waals surface area contributed by atoms with Crippen molar-refractivity contribution in [2.45, 2.75) is 32.6 Å². The van der Waals surface area contributed by atoms with Gasteiger partial charge in [-0.1, -0.05) is 18.5 Å². The first-order valence-electron chi connectivity index (χ1n) is 5.85. The molecule has 17 heavy (non-hydrogen) atoms. The Morgan fingerprint density at radius 1 is 1.71 bits per heavy atom. The van der Waals surface area contributed by atoms with E-state index in [0.29, 0.717) is 17.4 Å². The van der Waals surface area contributed by atoms with Crippen LogP contribution in [-0.2, 0) is 11.2 Å². The van der Waals surface area contributed by atoms with Crippen LogP contribution < -0.4 is 0 Å². The maximum atomic E-state index is 11.5. The summed E-state index contributed by atoms with van der Waals surface area (Å²) in [5.41, 5.74) is 0.253. The maximum Gasteiger partial charge on any atom is 0.309 e. The summed E-state index contributed by atoms with van der Waals surface area (Å²) in [4.78, 5) is 15.4. The summed E-state index contributed by atoms with van der Waals surface area (Å²) in [7, 11) is 0. The van der Waals surface area contributed by atoms with Gasteiger partial charge < -0.3 is 5.11 Å². The molecule has 0 bridgehead atoms. The molecule has 1 N–H and O–H groups in total. The third-order valence-corrected chi connectivity index (χ3v) is 4.03. The number of aliphatic carboxylic acids is 1. The molecule has 1 aromatic rings. The monoisotopic (exact) mass is 253 g/mol. The van der Waals surface area contributed by atoms with Crippen molar-refractivity contribution in [2.75, 3.05) is 0 Å². The van der Waals surface area contributed by atoms with Crippen LogP contribution in [0.5, 0.6) is 0 Å². The van der Waals surface area contributed by atoms with Crippen molar-refractivity contribution >= 4 is 17.6 Å². The van der Waals surface area contributed by atoms with E-state index in [9.17, 15) is 9.90 Å². The Morgan fingerprint density at radius 2 is 2.47 bits per heavy atom. The van der Waals surface area contributed by atoms with Gasteiger partial charge in [-0.15, -0.1) is 0 Å². The molecule has 2 atom stereocenters. The van der Waals surface area contributed by atoms with E-state index >= 15 is 0 Å². The molecule has 0 aliphatic heterocycles. The molecule has 1 aliphatic carbocycles. The Balaban J connectivity index is 2.26. The van der Waals surface area contributed by atoms with Crippen LogP contribution in [0, 0.1) is 11.3 Å². The molecule has 0 amide bonds. The predicted octanol–water partition coefficient (Wildman–Crippen LogP) is 3.17. The van der Waals surface area contributed by atoms with Crippen molar-refractivity contribution in [1.29, 1.82) is 0 Å². The van der Waals surface area contributed by atoms with Crippen LogP contribution in [0.25, 0.3) is 0 Å². The van der Waals surface area contributed by atoms with Gasteiger partial charge in [-0.25, -0.2) is 0 Å². The zero-order valence-corrected chi connectivity index (χ0v) is 10.6. The Hall–Kier alpha value is -1.09. The van der Waals surface area contributed by atoms with Crippen LogP contribution in [-0.4, -0.2) is 16.1 Å². The highest BCUT2D eigenvalue weighted by Crippen LogP contribution is 2.45. The number of carboxylic acids is 1. The molecule has 0 radical (unpaired) electrons. The summed E-state index contributed by atoms with van der Waals surface area (Å²) in [6, 6.07) is 1.82. The summed E-state index contributed by atoms with van der Waals surface area (Å²) in [5.74, 6) is -0.221. The van der Waals surface area contributed by atoms with E-state index in [2.05, 4.69) is 11.9 Å². The largest absolute Gasteiger partial charge is 0.481 e. The van der Waals surface area contributed by atoms with Crippen LogP contribution in [0.2, 0.25) is 5.02 Å². The van der Waals surface area contributed by atoms with E-state index in [1.54, 1.807) is 12.4 Å². The van der Waals surface area contributed by atoms with Gasteiger partial charge in [0.05, 0.1) is 10.4 Å². The number of hydrogen-bond acceptors (Lipinski definition) is 2. The lowest BCUT2D eigenvalue weighted by Gasteiger charge is -2.24. The topological polar surface area (TPSA) is 50.2 Å². The fourth-order valence-electron chi connectivity index (χ4n) is 2.74. The van der Waals surface area contributed by atoms with Crippen LogP contribution >= 0.6 is 11.6 Å². The molecular weight excluding hydrogens is 238 g/mol. The smallest absolute Gasteiger partial charge is 0.309 e. The first kappa shape index (κ1) is 12.4. The number of hydrogen-bond donors (Lipinski definition) is 1. The molecule has 1 saturated carbocycles. The van der Waals surface area contributed by atoms with Crippen LogP contribution in [0.3, 0.4) is 0 Å². The minimum absolute atomic E-state index is 0.478. The van der Waals surface area contributed by atoms with E-state index < -0.39 is 11.4 Å². The average molecular weight is 254 g/mol. The lowest BCUT2D eigenvalue weighted by Crippen LogP contribution is -2.30. The summed E-state index contributed by atoms with van der Waals surface area (Å²) >= 11 is 6.05. The Kier molecular flexibility index (Phi) is 3.38. The molecule has 3 nitrogen and oxygen atoms in total. The molecule has 92 valence electrons. The van der Waals surface area contributed by atoms with Gasteiger partial charge in [0.15, 0.2) is 0 Å². The van der Waals surface area contributed by atoms with Gasteiger partial charge in [0.2, 0.25) is 0 Å². The molecule has 1 fully saturated rings. The molecule has 1 aliphatic rings. The number of halogens is 1. The number of rotatable bonds is 3. The normalized spacial score (nSPS) is 28.2. The lowest BCUT2D eigenvalue weighted by atomic mass is 9.79. The maximum absolute atomic E-state index is 11.5. The average Bonchev–Trinajstić information content (AvgIpc) is 2.65. The Morgan fingerprint density at radius 3 is 3.00 bits per heavy atom. The second-order valence-electron chi connectivity index (χ2n) is 5.08. The first-order valence-corrected chi connectivity index (χ1v) is 6.23. The second-order valence-corrected chi connectivity index (χ2v) is 5.48. The zero-order valence-electron chi connectivity index (χ0n) is 9.82. The van der Waals surface area contributed by atoms with E-state index in [1.165, 1.54) is 0 Å². The highest BCUT2D eigenvalue weighted by atomic mass is 35.5. The molecule has 1 heterocycles. The number of nitrogens with zero attached hydrogens (tertiary/aromatic N) is 1. The summed E-state index contributed by atoms with van der Waals surface area (Å²) in [5, 5.41) is 10.0. The first-order chi connectivity index (χ1) is 8.03. The molecule has 2 rings (SSSR count). The highest BCUT2D eigenvalue weighted by molar-refractivity contribution is 6.31. The standard InChI is InChI=1S/C13H16ClNO2/c1-9-2-4-13(6-9,12(16)17)7-10-3-5-15-8-11(10)14/h3,5,8-9H,2,4,6-7H2,1H3,(H,16,17). The van der Waals surface area contributed by atoms with E-state index in [-0.39, 0.29) is 0 Å². The van der Waals surface area contributed by atoms with Gasteiger partial charge in [-0.3, -0.25) is 9.78 Å². The fraction of sp³-hybridized carbons (Fsp3) is 0.538. The fourth-order valence-corrected chi connectivity index (χ4v) is 2.92. The van der Waals surface area contributed by atoms with Crippen molar-refractivity contribution < 1.29 is 9.90 Å². The molecule has 0 saturated heterocycles. The van der Waals surface area contributed by atoms with Crippen LogP contribution in [0.1, 0.15) is 31.7 Å². The van der Waals surface area contributed by atoms with Crippen molar-refractivity contribution in [3.8, 4) is 0 Å². The molecule has 0 aromatic carbocycles. The van der Waals surface area contributed by atoms with Gasteiger partial charge in [0.1, 0.15) is 0 Å². The molecule has 0 spiro atoms.